The van der Waals surface area contributed by atoms with E-state index in [1.54, 1.807) is 22.7 Å². The summed E-state index contributed by atoms with van der Waals surface area (Å²) >= 11 is 0. The Kier molecular flexibility index (Phi) is 4.83. The average Bonchev–Trinajstić information content (AvgIpc) is 2.75. The van der Waals surface area contributed by atoms with Crippen LogP contribution < -0.4 is 5.32 Å². The van der Waals surface area contributed by atoms with Gasteiger partial charge in [-0.15, -0.1) is 0 Å². The first-order valence-electron chi connectivity index (χ1n) is 7.46. The van der Waals surface area contributed by atoms with Crippen molar-refractivity contribution in [3.05, 3.63) is 30.1 Å². The molecule has 0 bridgehead atoms. The van der Waals surface area contributed by atoms with Gasteiger partial charge in [0.15, 0.2) is 11.5 Å². The van der Waals surface area contributed by atoms with Gasteiger partial charge in [-0.1, -0.05) is 32.8 Å². The number of anilines is 1. The molecule has 0 aromatic carbocycles. The average molecular weight is 289 g/mol. The molecule has 0 saturated heterocycles. The minimum absolute atomic E-state index is 0.196. The highest BCUT2D eigenvalue weighted by Gasteiger charge is 2.19. The van der Waals surface area contributed by atoms with Gasteiger partial charge in [-0.05, 0) is 31.4 Å². The Morgan fingerprint density at radius 1 is 1.33 bits per heavy atom. The lowest BCUT2D eigenvalue weighted by Gasteiger charge is -2.14. The van der Waals surface area contributed by atoms with Crippen molar-refractivity contribution in [2.75, 3.05) is 5.32 Å². The Morgan fingerprint density at radius 3 is 2.76 bits per heavy atom. The van der Waals surface area contributed by atoms with Gasteiger partial charge in [0.2, 0.25) is 0 Å². The fraction of sp³-hybridized carbons (Fsp3) is 0.500. The number of pyridine rings is 1. The molecule has 1 unspecified atom stereocenters. The molecule has 0 saturated carbocycles. The first-order chi connectivity index (χ1) is 9.99. The van der Waals surface area contributed by atoms with E-state index >= 15 is 0 Å². The Labute approximate surface area is 125 Å². The summed E-state index contributed by atoms with van der Waals surface area (Å²) in [6, 6.07) is 5.66. The largest absolute Gasteiger partial charge is 0.476 e. The zero-order valence-corrected chi connectivity index (χ0v) is 12.8. The maximum absolute atomic E-state index is 11.5. The number of rotatable bonds is 7. The van der Waals surface area contributed by atoms with Crippen molar-refractivity contribution in [1.29, 1.82) is 0 Å². The summed E-state index contributed by atoms with van der Waals surface area (Å²) in [5.41, 5.74) is 0.841. The van der Waals surface area contributed by atoms with Crippen LogP contribution in [0.2, 0.25) is 0 Å². The van der Waals surface area contributed by atoms with E-state index in [4.69, 9.17) is 0 Å². The number of fused-ring (bicyclic) bond motifs is 1. The minimum Gasteiger partial charge on any atom is -0.476 e. The number of imidazole rings is 1. The lowest BCUT2D eigenvalue weighted by molar-refractivity contribution is 0.0690. The zero-order valence-electron chi connectivity index (χ0n) is 12.8. The highest BCUT2D eigenvalue weighted by molar-refractivity contribution is 5.93. The fourth-order valence-corrected chi connectivity index (χ4v) is 2.44. The summed E-state index contributed by atoms with van der Waals surface area (Å²) in [4.78, 5) is 15.9. The van der Waals surface area contributed by atoms with Gasteiger partial charge in [-0.3, -0.25) is 4.40 Å². The molecule has 2 N–H and O–H groups in total. The molecule has 0 radical (unpaired) electrons. The smallest absolute Gasteiger partial charge is 0.356 e. The van der Waals surface area contributed by atoms with Crippen LogP contribution in [0, 0.1) is 5.92 Å². The molecule has 0 amide bonds. The molecule has 2 rings (SSSR count). The molecular weight excluding hydrogens is 266 g/mol. The summed E-state index contributed by atoms with van der Waals surface area (Å²) in [7, 11) is 0. The predicted molar refractivity (Wildman–Crippen MR) is 83.9 cm³/mol. The molecule has 5 heteroatoms. The lowest BCUT2D eigenvalue weighted by Crippen LogP contribution is -2.18. The Balaban J connectivity index is 2.14. The lowest BCUT2D eigenvalue weighted by atomic mass is 10.0. The van der Waals surface area contributed by atoms with E-state index in [2.05, 4.69) is 31.1 Å². The predicted octanol–water partition coefficient (Wildman–Crippen LogP) is 3.66. The summed E-state index contributed by atoms with van der Waals surface area (Å²) in [5, 5.41) is 12.7. The van der Waals surface area contributed by atoms with E-state index in [9.17, 15) is 9.90 Å². The standard InChI is InChI=1S/C16H23N3O2/c1-11(2)7-6-8-12(3)17-15-14(16(20)21)19-10-5-4-9-13(19)18-15/h4-5,9-12,17H,6-8H2,1-3H3,(H,20,21). The molecule has 21 heavy (non-hydrogen) atoms. The van der Waals surface area contributed by atoms with E-state index < -0.39 is 5.97 Å². The molecule has 2 heterocycles. The molecule has 1 atom stereocenters. The van der Waals surface area contributed by atoms with Crippen LogP contribution in [0.15, 0.2) is 24.4 Å². The SMILES string of the molecule is CC(C)CCCC(C)Nc1nc2ccccn2c1C(=O)O. The molecule has 0 fully saturated rings. The number of hydrogen-bond acceptors (Lipinski definition) is 3. The third-order valence-corrected chi connectivity index (χ3v) is 3.53. The van der Waals surface area contributed by atoms with Crippen LogP contribution in [0.1, 0.15) is 50.5 Å². The number of carboxylic acid groups (broad SMARTS) is 1. The summed E-state index contributed by atoms with van der Waals surface area (Å²) in [6.45, 7) is 6.49. The second-order valence-electron chi connectivity index (χ2n) is 5.91. The van der Waals surface area contributed by atoms with Crippen LogP contribution in [-0.4, -0.2) is 26.5 Å². The number of carboxylic acids is 1. The van der Waals surface area contributed by atoms with E-state index in [1.165, 1.54) is 6.42 Å². The molecule has 2 aromatic heterocycles. The first-order valence-corrected chi connectivity index (χ1v) is 7.46. The van der Waals surface area contributed by atoms with Gasteiger partial charge in [-0.2, -0.15) is 0 Å². The molecule has 2 aromatic rings. The van der Waals surface area contributed by atoms with Crippen LogP contribution in [0.5, 0.6) is 0 Å². The van der Waals surface area contributed by atoms with Gasteiger partial charge in [-0.25, -0.2) is 9.78 Å². The molecule has 0 aliphatic heterocycles. The van der Waals surface area contributed by atoms with Gasteiger partial charge in [0.1, 0.15) is 5.65 Å². The molecular formula is C16H23N3O2. The van der Waals surface area contributed by atoms with Crippen molar-refractivity contribution in [2.45, 2.75) is 46.1 Å². The van der Waals surface area contributed by atoms with Crippen LogP contribution in [0.25, 0.3) is 5.65 Å². The number of aromatic carboxylic acids is 1. The summed E-state index contributed by atoms with van der Waals surface area (Å²) in [6.07, 6.45) is 5.04. The number of hydrogen-bond donors (Lipinski definition) is 2. The normalized spacial score (nSPS) is 12.8. The first kappa shape index (κ1) is 15.4. The summed E-state index contributed by atoms with van der Waals surface area (Å²) < 4.78 is 1.60. The fourth-order valence-electron chi connectivity index (χ4n) is 2.44. The molecule has 114 valence electrons. The molecule has 0 spiro atoms. The Bertz CT molecular complexity index is 619. The van der Waals surface area contributed by atoms with Crippen LogP contribution in [0.3, 0.4) is 0 Å². The third-order valence-electron chi connectivity index (χ3n) is 3.53. The molecule has 0 aliphatic carbocycles. The monoisotopic (exact) mass is 289 g/mol. The quantitative estimate of drug-likeness (QED) is 0.816. The van der Waals surface area contributed by atoms with Crippen molar-refractivity contribution < 1.29 is 9.90 Å². The molecule has 5 nitrogen and oxygen atoms in total. The van der Waals surface area contributed by atoms with Crippen LogP contribution in [0.4, 0.5) is 5.82 Å². The van der Waals surface area contributed by atoms with Crippen molar-refractivity contribution >= 4 is 17.4 Å². The van der Waals surface area contributed by atoms with Crippen molar-refractivity contribution in [2.24, 2.45) is 5.92 Å². The number of aromatic nitrogens is 2. The number of nitrogens with zero attached hydrogens (tertiary/aromatic N) is 2. The van der Waals surface area contributed by atoms with Gasteiger partial charge >= 0.3 is 5.97 Å². The maximum Gasteiger partial charge on any atom is 0.356 e. The zero-order chi connectivity index (χ0) is 15.4. The number of carbonyl (C=O) groups is 1. The third kappa shape index (κ3) is 3.74. The van der Waals surface area contributed by atoms with E-state index in [-0.39, 0.29) is 11.7 Å². The second kappa shape index (κ2) is 6.61. The van der Waals surface area contributed by atoms with Crippen LogP contribution >= 0.6 is 0 Å². The second-order valence-corrected chi connectivity index (χ2v) is 5.91. The highest BCUT2D eigenvalue weighted by Crippen LogP contribution is 2.20. The van der Waals surface area contributed by atoms with Gasteiger partial charge in [0, 0.05) is 12.2 Å². The van der Waals surface area contributed by atoms with Gasteiger partial charge in [0.05, 0.1) is 0 Å². The van der Waals surface area contributed by atoms with Crippen molar-refractivity contribution in [3.8, 4) is 0 Å². The van der Waals surface area contributed by atoms with E-state index in [0.717, 1.165) is 12.8 Å². The van der Waals surface area contributed by atoms with Crippen LogP contribution in [-0.2, 0) is 0 Å². The topological polar surface area (TPSA) is 66.6 Å². The van der Waals surface area contributed by atoms with Gasteiger partial charge in [0.25, 0.3) is 0 Å². The van der Waals surface area contributed by atoms with Gasteiger partial charge < -0.3 is 10.4 Å². The highest BCUT2D eigenvalue weighted by atomic mass is 16.4. The maximum atomic E-state index is 11.5. The number of nitrogens with one attached hydrogen (secondary N) is 1. The van der Waals surface area contributed by atoms with E-state index in [1.807, 2.05) is 6.07 Å². The Morgan fingerprint density at radius 2 is 2.10 bits per heavy atom. The minimum atomic E-state index is -0.967. The Hall–Kier alpha value is -2.04. The molecule has 0 aliphatic rings. The summed E-state index contributed by atoms with van der Waals surface area (Å²) in [5.74, 6) is 0.179. The van der Waals surface area contributed by atoms with Crippen molar-refractivity contribution in [3.63, 3.8) is 0 Å². The van der Waals surface area contributed by atoms with Crippen molar-refractivity contribution in [1.82, 2.24) is 9.38 Å². The van der Waals surface area contributed by atoms with E-state index in [0.29, 0.717) is 17.4 Å².